The summed E-state index contributed by atoms with van der Waals surface area (Å²) in [7, 11) is 1.56. The Morgan fingerprint density at radius 3 is 1.60 bits per heavy atom. The van der Waals surface area contributed by atoms with Crippen LogP contribution in [-0.2, 0) is 14.3 Å². The van der Waals surface area contributed by atoms with Crippen molar-refractivity contribution in [2.24, 2.45) is 0 Å². The van der Waals surface area contributed by atoms with Crippen LogP contribution in [0.4, 0.5) is 0 Å². The summed E-state index contributed by atoms with van der Waals surface area (Å²) in [6.45, 7) is 6.35. The van der Waals surface area contributed by atoms with Gasteiger partial charge in [0, 0.05) is 11.1 Å². The quantitative estimate of drug-likeness (QED) is 0.208. The van der Waals surface area contributed by atoms with Crippen molar-refractivity contribution in [3.8, 4) is 0 Å². The maximum absolute atomic E-state index is 12.7. The first-order valence-corrected chi connectivity index (χ1v) is 13.9. The molecule has 0 unspecified atom stereocenters. The van der Waals surface area contributed by atoms with E-state index in [0.717, 1.165) is 60.0 Å². The summed E-state index contributed by atoms with van der Waals surface area (Å²) >= 11 is 0. The highest BCUT2D eigenvalue weighted by Gasteiger charge is 2.20. The second-order valence-electron chi connectivity index (χ2n) is 9.91. The lowest BCUT2D eigenvalue weighted by atomic mass is 9.90. The molecule has 0 bridgehead atoms. The van der Waals surface area contributed by atoms with Gasteiger partial charge in [-0.05, 0) is 73.6 Å². The van der Waals surface area contributed by atoms with Crippen molar-refractivity contribution >= 4 is 11.6 Å². The summed E-state index contributed by atoms with van der Waals surface area (Å²) in [5, 5.41) is 0. The first-order chi connectivity index (χ1) is 17.0. The molecule has 0 amide bonds. The number of ether oxygens (including phenoxy) is 1. The fraction of sp³-hybridized carbons (Fsp3) is 0.562. The third kappa shape index (κ3) is 9.99. The Balaban J connectivity index is 2.06. The lowest BCUT2D eigenvalue weighted by molar-refractivity contribution is -0.115. The molecule has 0 radical (unpaired) electrons. The molecule has 0 fully saturated rings. The van der Waals surface area contributed by atoms with Gasteiger partial charge in [0.25, 0.3) is 0 Å². The van der Waals surface area contributed by atoms with Crippen LogP contribution >= 0.6 is 0 Å². The van der Waals surface area contributed by atoms with Gasteiger partial charge in [0.05, 0.1) is 7.11 Å². The minimum atomic E-state index is 0.00554. The highest BCUT2D eigenvalue weighted by Crippen LogP contribution is 2.26. The van der Waals surface area contributed by atoms with Crippen LogP contribution in [-0.4, -0.2) is 18.7 Å². The Morgan fingerprint density at radius 1 is 0.629 bits per heavy atom. The summed E-state index contributed by atoms with van der Waals surface area (Å²) in [6.07, 6.45) is 28.1. The van der Waals surface area contributed by atoms with Crippen LogP contribution in [0.2, 0.25) is 0 Å². The van der Waals surface area contributed by atoms with Gasteiger partial charge in [-0.3, -0.25) is 9.59 Å². The summed E-state index contributed by atoms with van der Waals surface area (Å²) in [6, 6.07) is 0. The average Bonchev–Trinajstić information content (AvgIpc) is 2.86. The highest BCUT2D eigenvalue weighted by atomic mass is 16.5. The van der Waals surface area contributed by atoms with E-state index < -0.39 is 0 Å². The lowest BCUT2D eigenvalue weighted by Crippen LogP contribution is -2.12. The fourth-order valence-electron chi connectivity index (χ4n) is 4.66. The zero-order chi connectivity index (χ0) is 25.5. The normalized spacial score (nSPS) is 18.5. The molecule has 35 heavy (non-hydrogen) atoms. The SMILES string of the molecule is CCCCCCCCC1=C/C(=C/C=C2\C=C(CCCCCCCC)C(=O)C(OC)=C2)C=C(C)C1=O. The molecule has 2 aliphatic carbocycles. The van der Waals surface area contributed by atoms with Crippen LogP contribution in [0.3, 0.4) is 0 Å². The topological polar surface area (TPSA) is 43.4 Å². The molecule has 0 N–H and O–H groups in total. The first-order valence-electron chi connectivity index (χ1n) is 13.9. The van der Waals surface area contributed by atoms with E-state index >= 15 is 0 Å². The third-order valence-electron chi connectivity index (χ3n) is 6.82. The van der Waals surface area contributed by atoms with Gasteiger partial charge < -0.3 is 4.74 Å². The lowest BCUT2D eigenvalue weighted by Gasteiger charge is -2.15. The van der Waals surface area contributed by atoms with Gasteiger partial charge in [-0.15, -0.1) is 0 Å². The van der Waals surface area contributed by atoms with Gasteiger partial charge in [-0.1, -0.05) is 90.2 Å². The van der Waals surface area contributed by atoms with Gasteiger partial charge in [-0.2, -0.15) is 0 Å². The largest absolute Gasteiger partial charge is 0.493 e. The molecule has 0 saturated carbocycles. The standard InChI is InChI=1S/C32H46O3/c1-5-7-9-11-13-15-17-28-22-26(21-25(3)31(28)33)19-20-27-23-29(32(34)30(24-27)35-4)18-16-14-12-10-8-6-2/h19-24H,5-18H2,1-4H3/b26-19+,27-20+. The Labute approximate surface area is 213 Å². The molecule has 0 aromatic carbocycles. The molecule has 2 rings (SSSR count). The van der Waals surface area contributed by atoms with Gasteiger partial charge in [0.2, 0.25) is 5.78 Å². The number of carbonyl (C=O) groups excluding carboxylic acids is 2. The zero-order valence-corrected chi connectivity index (χ0v) is 22.6. The van der Waals surface area contributed by atoms with Crippen LogP contribution in [0, 0.1) is 0 Å². The Morgan fingerprint density at radius 2 is 1.09 bits per heavy atom. The molecule has 0 spiro atoms. The predicted molar refractivity (Wildman–Crippen MR) is 147 cm³/mol. The highest BCUT2D eigenvalue weighted by molar-refractivity contribution is 6.10. The van der Waals surface area contributed by atoms with E-state index in [0.29, 0.717) is 5.76 Å². The molecule has 0 aliphatic heterocycles. The van der Waals surface area contributed by atoms with E-state index in [1.54, 1.807) is 7.11 Å². The number of unbranched alkanes of at least 4 members (excludes halogenated alkanes) is 10. The predicted octanol–water partition coefficient (Wildman–Crippen LogP) is 8.84. The molecule has 0 atom stereocenters. The van der Waals surface area contributed by atoms with Crippen LogP contribution in [0.1, 0.15) is 111 Å². The number of ketones is 2. The van der Waals surface area contributed by atoms with Crippen LogP contribution in [0.25, 0.3) is 0 Å². The van der Waals surface area contributed by atoms with Crippen molar-refractivity contribution in [1.29, 1.82) is 0 Å². The van der Waals surface area contributed by atoms with Crippen molar-refractivity contribution in [1.82, 2.24) is 0 Å². The number of carbonyl (C=O) groups is 2. The second-order valence-corrected chi connectivity index (χ2v) is 9.91. The smallest absolute Gasteiger partial charge is 0.223 e. The first kappa shape index (κ1) is 28.8. The van der Waals surface area contributed by atoms with E-state index in [9.17, 15) is 9.59 Å². The third-order valence-corrected chi connectivity index (χ3v) is 6.82. The van der Waals surface area contributed by atoms with E-state index in [-0.39, 0.29) is 11.6 Å². The summed E-state index contributed by atoms with van der Waals surface area (Å²) in [5.74, 6) is 0.586. The van der Waals surface area contributed by atoms with E-state index in [2.05, 4.69) is 13.8 Å². The number of rotatable bonds is 16. The van der Waals surface area contributed by atoms with E-state index in [1.807, 2.05) is 43.4 Å². The van der Waals surface area contributed by atoms with E-state index in [4.69, 9.17) is 4.74 Å². The van der Waals surface area contributed by atoms with Gasteiger partial charge in [-0.25, -0.2) is 0 Å². The molecular weight excluding hydrogens is 432 g/mol. The van der Waals surface area contributed by atoms with Gasteiger partial charge >= 0.3 is 0 Å². The van der Waals surface area contributed by atoms with Crippen LogP contribution < -0.4 is 0 Å². The molecule has 0 saturated heterocycles. The number of allylic oxidation sites excluding steroid dienone is 11. The summed E-state index contributed by atoms with van der Waals surface area (Å²) in [5.41, 5.74) is 4.53. The van der Waals surface area contributed by atoms with Crippen LogP contribution in [0.5, 0.6) is 0 Å². The molecule has 0 aromatic rings. The Kier molecular flexibility index (Phi) is 13.4. The van der Waals surface area contributed by atoms with Crippen LogP contribution in [0.15, 0.2) is 70.1 Å². The van der Waals surface area contributed by atoms with Crippen molar-refractivity contribution in [2.45, 2.75) is 111 Å². The molecule has 3 nitrogen and oxygen atoms in total. The number of Topliss-reactive ketones (excluding diaryl/α,β-unsaturated/α-hetero) is 2. The zero-order valence-electron chi connectivity index (χ0n) is 22.6. The molecule has 0 heterocycles. The Hall–Kier alpha value is -2.42. The average molecular weight is 479 g/mol. The van der Waals surface area contributed by atoms with Crippen molar-refractivity contribution in [2.75, 3.05) is 7.11 Å². The number of hydrogen-bond donors (Lipinski definition) is 0. The molecular formula is C32H46O3. The molecule has 192 valence electrons. The van der Waals surface area contributed by atoms with E-state index in [1.165, 1.54) is 57.8 Å². The van der Waals surface area contributed by atoms with Crippen molar-refractivity contribution in [3.05, 3.63) is 70.1 Å². The maximum atomic E-state index is 12.7. The fourth-order valence-corrected chi connectivity index (χ4v) is 4.66. The Bertz CT molecular complexity index is 905. The summed E-state index contributed by atoms with van der Waals surface area (Å²) in [4.78, 5) is 25.4. The van der Waals surface area contributed by atoms with Gasteiger partial charge in [0.1, 0.15) is 0 Å². The maximum Gasteiger partial charge on any atom is 0.223 e. The molecule has 2 aliphatic rings. The molecule has 0 aromatic heterocycles. The minimum Gasteiger partial charge on any atom is -0.493 e. The summed E-state index contributed by atoms with van der Waals surface area (Å²) < 4.78 is 5.38. The number of methoxy groups -OCH3 is 1. The van der Waals surface area contributed by atoms with Gasteiger partial charge in [0.15, 0.2) is 11.5 Å². The van der Waals surface area contributed by atoms with Crippen molar-refractivity contribution < 1.29 is 14.3 Å². The second kappa shape index (κ2) is 16.3. The minimum absolute atomic E-state index is 0.00554. The molecule has 3 heteroatoms. The number of hydrogen-bond acceptors (Lipinski definition) is 3. The van der Waals surface area contributed by atoms with Crippen molar-refractivity contribution in [3.63, 3.8) is 0 Å². The monoisotopic (exact) mass is 478 g/mol.